The number of ether oxygens (including phenoxy) is 2. The normalized spacial score (nSPS) is 10.4. The molecular weight excluding hydrogens is 560 g/mol. The molecule has 16 nitrogen and oxygen atoms in total. The molecule has 0 spiro atoms. The Kier molecular flexibility index (Phi) is 7.89. The number of nitro benzene ring substituents is 4. The van der Waals surface area contributed by atoms with Crippen LogP contribution in [0.15, 0.2) is 84.9 Å². The van der Waals surface area contributed by atoms with Crippen LogP contribution in [0.2, 0.25) is 0 Å². The molecule has 0 bridgehead atoms. The van der Waals surface area contributed by atoms with Crippen molar-refractivity contribution in [3.8, 4) is 33.8 Å². The molecular formula is C26H14N4O12. The van der Waals surface area contributed by atoms with Crippen molar-refractivity contribution in [2.24, 2.45) is 0 Å². The third-order valence-electron chi connectivity index (χ3n) is 5.70. The van der Waals surface area contributed by atoms with Crippen LogP contribution in [0.1, 0.15) is 0 Å². The van der Waals surface area contributed by atoms with Crippen LogP contribution >= 0.6 is 0 Å². The number of benzene rings is 4. The van der Waals surface area contributed by atoms with Gasteiger partial charge >= 0.3 is 11.9 Å². The predicted octanol–water partition coefficient (Wildman–Crippen LogP) is 5.16. The van der Waals surface area contributed by atoms with Gasteiger partial charge in [0.25, 0.3) is 22.7 Å². The molecule has 0 aliphatic carbocycles. The molecule has 0 amide bonds. The summed E-state index contributed by atoms with van der Waals surface area (Å²) in [5.41, 5.74) is -2.77. The van der Waals surface area contributed by atoms with Gasteiger partial charge < -0.3 is 9.47 Å². The van der Waals surface area contributed by atoms with E-state index in [0.29, 0.717) is 0 Å². The zero-order chi connectivity index (χ0) is 30.6. The highest BCUT2D eigenvalue weighted by atomic mass is 16.6. The summed E-state index contributed by atoms with van der Waals surface area (Å²) < 4.78 is 10.3. The highest BCUT2D eigenvalue weighted by molar-refractivity contribution is 6.31. The number of nitrogens with zero attached hydrogens (tertiary/aromatic N) is 4. The third kappa shape index (κ3) is 5.86. The van der Waals surface area contributed by atoms with Crippen LogP contribution in [0.4, 0.5) is 22.7 Å². The fourth-order valence-electron chi connectivity index (χ4n) is 3.86. The average molecular weight is 574 g/mol. The van der Waals surface area contributed by atoms with E-state index in [1.165, 1.54) is 48.5 Å². The van der Waals surface area contributed by atoms with Crippen LogP contribution in [-0.2, 0) is 9.59 Å². The Hall–Kier alpha value is -6.58. The minimum Gasteiger partial charge on any atom is -0.417 e. The molecule has 0 aliphatic heterocycles. The van der Waals surface area contributed by atoms with Gasteiger partial charge in [-0.3, -0.25) is 40.5 Å². The molecule has 0 heterocycles. The zero-order valence-electron chi connectivity index (χ0n) is 20.8. The summed E-state index contributed by atoms with van der Waals surface area (Å²) in [6.07, 6.45) is 0. The predicted molar refractivity (Wildman–Crippen MR) is 142 cm³/mol. The van der Waals surface area contributed by atoms with Gasteiger partial charge in [0, 0.05) is 23.3 Å². The van der Waals surface area contributed by atoms with Crippen molar-refractivity contribution in [3.63, 3.8) is 0 Å². The van der Waals surface area contributed by atoms with E-state index >= 15 is 0 Å². The van der Waals surface area contributed by atoms with E-state index in [9.17, 15) is 50.0 Å². The fourth-order valence-corrected chi connectivity index (χ4v) is 3.86. The molecule has 0 fully saturated rings. The molecule has 0 aromatic heterocycles. The van der Waals surface area contributed by atoms with Gasteiger partial charge in [-0.15, -0.1) is 0 Å². The van der Waals surface area contributed by atoms with Crippen LogP contribution in [0.5, 0.6) is 11.5 Å². The van der Waals surface area contributed by atoms with E-state index < -0.39 is 54.4 Å². The summed E-state index contributed by atoms with van der Waals surface area (Å²) in [5.74, 6) is -3.76. The first-order valence-electron chi connectivity index (χ1n) is 11.5. The summed E-state index contributed by atoms with van der Waals surface area (Å²) in [6.45, 7) is 0. The van der Waals surface area contributed by atoms with Crippen LogP contribution in [0.3, 0.4) is 0 Å². The number of rotatable bonds is 8. The number of non-ortho nitro benzene ring substituents is 2. The Balaban J connectivity index is 1.64. The van der Waals surface area contributed by atoms with E-state index in [1.807, 2.05) is 0 Å². The van der Waals surface area contributed by atoms with Gasteiger partial charge in [0.2, 0.25) is 0 Å². The van der Waals surface area contributed by atoms with Gasteiger partial charge in [-0.05, 0) is 24.3 Å². The fraction of sp³-hybridized carbons (Fsp3) is 0. The van der Waals surface area contributed by atoms with E-state index in [0.717, 1.165) is 36.4 Å². The standard InChI is InChI=1S/C26H14N4O12/c31-25(41-23-7-3-1-5-19(23)17-11-9-15(27(33)34)13-21(17)29(37)38)26(32)42-24-8-4-2-6-20(24)18-12-10-16(28(35)36)14-22(18)30(39)40/h1-14H. The van der Waals surface area contributed by atoms with E-state index in [1.54, 1.807) is 0 Å². The molecule has 16 heteroatoms. The van der Waals surface area contributed by atoms with Crippen molar-refractivity contribution in [2.75, 3.05) is 0 Å². The number of esters is 2. The van der Waals surface area contributed by atoms with Gasteiger partial charge in [0.15, 0.2) is 0 Å². The number of para-hydroxylation sites is 2. The van der Waals surface area contributed by atoms with Gasteiger partial charge in [-0.25, -0.2) is 9.59 Å². The lowest BCUT2D eigenvalue weighted by Crippen LogP contribution is -2.25. The van der Waals surface area contributed by atoms with Crippen molar-refractivity contribution in [1.82, 2.24) is 0 Å². The van der Waals surface area contributed by atoms with Crippen molar-refractivity contribution in [1.29, 1.82) is 0 Å². The number of carbonyl (C=O) groups excluding carboxylic acids is 2. The van der Waals surface area contributed by atoms with Crippen molar-refractivity contribution >= 4 is 34.7 Å². The molecule has 0 N–H and O–H groups in total. The lowest BCUT2D eigenvalue weighted by Gasteiger charge is -2.12. The second kappa shape index (κ2) is 11.7. The Morgan fingerprint density at radius 3 is 1.17 bits per heavy atom. The zero-order valence-corrected chi connectivity index (χ0v) is 20.8. The molecule has 0 saturated carbocycles. The monoisotopic (exact) mass is 574 g/mol. The maximum Gasteiger partial charge on any atom is 0.423 e. The molecule has 4 aromatic rings. The minimum atomic E-state index is -1.57. The average Bonchev–Trinajstić information content (AvgIpc) is 2.97. The first kappa shape index (κ1) is 28.4. The molecule has 0 unspecified atom stereocenters. The number of hydrogen-bond donors (Lipinski definition) is 0. The molecule has 4 rings (SSSR count). The van der Waals surface area contributed by atoms with Gasteiger partial charge in [-0.1, -0.05) is 36.4 Å². The van der Waals surface area contributed by atoms with E-state index in [4.69, 9.17) is 9.47 Å². The highest BCUT2D eigenvalue weighted by Gasteiger charge is 2.28. The lowest BCUT2D eigenvalue weighted by molar-refractivity contribution is -0.394. The second-order valence-corrected chi connectivity index (χ2v) is 8.20. The minimum absolute atomic E-state index is 0.0397. The largest absolute Gasteiger partial charge is 0.423 e. The van der Waals surface area contributed by atoms with Crippen LogP contribution < -0.4 is 9.47 Å². The number of hydrogen-bond acceptors (Lipinski definition) is 12. The Morgan fingerprint density at radius 1 is 0.476 bits per heavy atom. The summed E-state index contributed by atoms with van der Waals surface area (Å²) in [7, 11) is 0. The molecule has 0 aliphatic rings. The number of nitro groups is 4. The molecule has 0 saturated heterocycles. The summed E-state index contributed by atoms with van der Waals surface area (Å²) in [6, 6.07) is 16.5. The van der Waals surface area contributed by atoms with Gasteiger partial charge in [-0.2, -0.15) is 0 Å². The van der Waals surface area contributed by atoms with Crippen LogP contribution in [0.25, 0.3) is 22.3 Å². The second-order valence-electron chi connectivity index (χ2n) is 8.20. The van der Waals surface area contributed by atoms with E-state index in [2.05, 4.69) is 0 Å². The first-order valence-corrected chi connectivity index (χ1v) is 11.5. The summed E-state index contributed by atoms with van der Waals surface area (Å²) >= 11 is 0. The Bertz CT molecular complexity index is 1670. The molecule has 0 atom stereocenters. The summed E-state index contributed by atoms with van der Waals surface area (Å²) in [4.78, 5) is 67.4. The highest BCUT2D eigenvalue weighted by Crippen LogP contribution is 2.40. The Morgan fingerprint density at radius 2 is 0.833 bits per heavy atom. The smallest absolute Gasteiger partial charge is 0.417 e. The topological polar surface area (TPSA) is 225 Å². The lowest BCUT2D eigenvalue weighted by atomic mass is 10.0. The van der Waals surface area contributed by atoms with Gasteiger partial charge in [0.1, 0.15) is 11.5 Å². The van der Waals surface area contributed by atoms with Crippen LogP contribution in [0, 0.1) is 40.5 Å². The maximum atomic E-state index is 12.7. The molecule has 42 heavy (non-hydrogen) atoms. The first-order chi connectivity index (χ1) is 20.0. The Labute approximate surface area is 232 Å². The van der Waals surface area contributed by atoms with Crippen molar-refractivity contribution in [3.05, 3.63) is 125 Å². The van der Waals surface area contributed by atoms with Crippen LogP contribution in [-0.4, -0.2) is 31.6 Å². The number of carbonyl (C=O) groups is 2. The molecule has 4 aromatic carbocycles. The van der Waals surface area contributed by atoms with Crippen molar-refractivity contribution < 1.29 is 38.8 Å². The maximum absolute atomic E-state index is 12.7. The summed E-state index contributed by atoms with van der Waals surface area (Å²) in [5, 5.41) is 45.4. The molecule has 210 valence electrons. The molecule has 0 radical (unpaired) electrons. The van der Waals surface area contributed by atoms with Gasteiger partial charge in [0.05, 0.1) is 43.0 Å². The SMILES string of the molecule is O=C(Oc1ccccc1-c1ccc([N+](=O)[O-])cc1[N+](=O)[O-])C(=O)Oc1ccccc1-c1ccc([N+](=O)[O-])cc1[N+](=O)[O-]. The van der Waals surface area contributed by atoms with E-state index in [-0.39, 0.29) is 33.8 Å². The van der Waals surface area contributed by atoms with Crippen molar-refractivity contribution in [2.45, 2.75) is 0 Å². The third-order valence-corrected chi connectivity index (χ3v) is 5.70. The quantitative estimate of drug-likeness (QED) is 0.0873.